The van der Waals surface area contributed by atoms with Crippen molar-refractivity contribution in [3.05, 3.63) is 54.1 Å². The third kappa shape index (κ3) is 3.86. The van der Waals surface area contributed by atoms with Crippen LogP contribution in [0, 0.1) is 17.8 Å². The average Bonchev–Trinajstić information content (AvgIpc) is 2.67. The Labute approximate surface area is 175 Å². The van der Waals surface area contributed by atoms with E-state index in [0.717, 1.165) is 37.0 Å². The van der Waals surface area contributed by atoms with E-state index in [1.807, 2.05) is 12.1 Å². The first-order chi connectivity index (χ1) is 14.5. The molecule has 0 unspecified atom stereocenters. The zero-order chi connectivity index (χ0) is 20.7. The summed E-state index contributed by atoms with van der Waals surface area (Å²) in [6.07, 6.45) is 7.37. The highest BCUT2D eigenvalue weighted by Crippen LogP contribution is 2.55. The van der Waals surface area contributed by atoms with Crippen molar-refractivity contribution in [3.8, 4) is 11.5 Å². The van der Waals surface area contributed by atoms with Gasteiger partial charge in [-0.3, -0.25) is 0 Å². The summed E-state index contributed by atoms with van der Waals surface area (Å²) in [4.78, 5) is 23.7. The molecule has 0 heterocycles. The molecule has 4 saturated carbocycles. The van der Waals surface area contributed by atoms with Crippen LogP contribution in [0.2, 0.25) is 0 Å². The highest BCUT2D eigenvalue weighted by Gasteiger charge is 2.51. The molecule has 0 atom stereocenters. The Balaban J connectivity index is 1.22. The monoisotopic (exact) mass is 406 g/mol. The average molecular weight is 406 g/mol. The van der Waals surface area contributed by atoms with Crippen molar-refractivity contribution < 1.29 is 19.4 Å². The third-order valence-corrected chi connectivity index (χ3v) is 6.85. The van der Waals surface area contributed by atoms with Gasteiger partial charge in [0, 0.05) is 17.3 Å². The predicted octanol–water partition coefficient (Wildman–Crippen LogP) is 5.27. The number of carboxylic acids is 1. The van der Waals surface area contributed by atoms with E-state index >= 15 is 0 Å². The molecule has 0 radical (unpaired) electrons. The van der Waals surface area contributed by atoms with Crippen LogP contribution in [0.1, 0.15) is 48.9 Å². The van der Waals surface area contributed by atoms with Gasteiger partial charge in [0.05, 0.1) is 5.56 Å². The van der Waals surface area contributed by atoms with Gasteiger partial charge in [-0.1, -0.05) is 6.07 Å². The second-order valence-corrected chi connectivity index (χ2v) is 9.24. The van der Waals surface area contributed by atoms with Crippen LogP contribution in [0.3, 0.4) is 0 Å². The fraction of sp³-hybridized carbons (Fsp3) is 0.417. The standard InChI is InChI=1S/C24H26N2O4/c27-22(28)18-4-6-20(7-5-18)30-21-3-1-2-19(11-21)25-23(29)26-24-12-15-8-16(13-24)10-17(9-15)14-24/h1-7,11,15-17H,8-10,12-14H2,(H,27,28)(H2,25,26,29). The number of carbonyl (C=O) groups is 2. The molecule has 6 heteroatoms. The van der Waals surface area contributed by atoms with Gasteiger partial charge >= 0.3 is 12.0 Å². The summed E-state index contributed by atoms with van der Waals surface area (Å²) in [5.41, 5.74) is 0.842. The summed E-state index contributed by atoms with van der Waals surface area (Å²) in [5, 5.41) is 15.3. The smallest absolute Gasteiger partial charge is 0.335 e. The SMILES string of the molecule is O=C(Nc1cccc(Oc2ccc(C(=O)O)cc2)c1)NC12CC3CC(CC(C3)C1)C2. The van der Waals surface area contributed by atoms with Crippen LogP contribution in [0.4, 0.5) is 10.5 Å². The van der Waals surface area contributed by atoms with Gasteiger partial charge in [-0.25, -0.2) is 9.59 Å². The summed E-state index contributed by atoms with van der Waals surface area (Å²) >= 11 is 0. The Kier molecular flexibility index (Phi) is 4.65. The number of hydrogen-bond donors (Lipinski definition) is 3. The normalized spacial score (nSPS) is 28.7. The van der Waals surface area contributed by atoms with Crippen LogP contribution < -0.4 is 15.4 Å². The first kappa shape index (κ1) is 19.0. The molecule has 6 rings (SSSR count). The van der Waals surface area contributed by atoms with Gasteiger partial charge < -0.3 is 20.5 Å². The highest BCUT2D eigenvalue weighted by atomic mass is 16.5. The van der Waals surface area contributed by atoms with E-state index in [-0.39, 0.29) is 17.1 Å². The quantitative estimate of drug-likeness (QED) is 0.631. The molecule has 6 nitrogen and oxygen atoms in total. The second kappa shape index (κ2) is 7.35. The predicted molar refractivity (Wildman–Crippen MR) is 113 cm³/mol. The van der Waals surface area contributed by atoms with E-state index in [2.05, 4.69) is 10.6 Å². The van der Waals surface area contributed by atoms with Gasteiger partial charge in [0.2, 0.25) is 0 Å². The maximum absolute atomic E-state index is 12.7. The van der Waals surface area contributed by atoms with Gasteiger partial charge in [-0.2, -0.15) is 0 Å². The largest absolute Gasteiger partial charge is 0.478 e. The summed E-state index contributed by atoms with van der Waals surface area (Å²) < 4.78 is 5.80. The summed E-state index contributed by atoms with van der Waals surface area (Å²) in [6.45, 7) is 0. The molecule has 2 amide bonds. The maximum atomic E-state index is 12.7. The summed E-state index contributed by atoms with van der Waals surface area (Å²) in [5.74, 6) is 2.47. The van der Waals surface area contributed by atoms with E-state index in [1.165, 1.54) is 31.4 Å². The number of carbonyl (C=O) groups excluding carboxylic acids is 1. The number of benzene rings is 2. The van der Waals surface area contributed by atoms with Crippen molar-refractivity contribution in [1.82, 2.24) is 5.32 Å². The fourth-order valence-electron chi connectivity index (χ4n) is 6.11. The molecular weight excluding hydrogens is 380 g/mol. The molecule has 0 aliphatic heterocycles. The fourth-order valence-corrected chi connectivity index (χ4v) is 6.11. The molecular formula is C24H26N2O4. The van der Waals surface area contributed by atoms with Crippen LogP contribution in [-0.4, -0.2) is 22.6 Å². The molecule has 3 N–H and O–H groups in total. The second-order valence-electron chi connectivity index (χ2n) is 9.24. The molecule has 30 heavy (non-hydrogen) atoms. The van der Waals surface area contributed by atoms with E-state index in [9.17, 15) is 9.59 Å². The van der Waals surface area contributed by atoms with Gasteiger partial charge in [-0.15, -0.1) is 0 Å². The minimum absolute atomic E-state index is 0.0289. The maximum Gasteiger partial charge on any atom is 0.335 e. The molecule has 2 aromatic carbocycles. The lowest BCUT2D eigenvalue weighted by molar-refractivity contribution is -0.0127. The number of urea groups is 1. The van der Waals surface area contributed by atoms with Crippen LogP contribution in [-0.2, 0) is 0 Å². The van der Waals surface area contributed by atoms with E-state index in [4.69, 9.17) is 9.84 Å². The minimum Gasteiger partial charge on any atom is -0.478 e. The summed E-state index contributed by atoms with van der Waals surface area (Å²) in [7, 11) is 0. The van der Waals surface area contributed by atoms with Crippen LogP contribution >= 0.6 is 0 Å². The molecule has 2 aromatic rings. The Hall–Kier alpha value is -3.02. The number of nitrogens with one attached hydrogen (secondary N) is 2. The van der Waals surface area contributed by atoms with Gasteiger partial charge in [-0.05, 0) is 92.7 Å². The third-order valence-electron chi connectivity index (χ3n) is 6.85. The topological polar surface area (TPSA) is 87.7 Å². The van der Waals surface area contributed by atoms with Crippen molar-refractivity contribution in [3.63, 3.8) is 0 Å². The lowest BCUT2D eigenvalue weighted by Gasteiger charge is -2.56. The Morgan fingerprint density at radius 1 is 0.900 bits per heavy atom. The van der Waals surface area contributed by atoms with Crippen LogP contribution in [0.15, 0.2) is 48.5 Å². The molecule has 0 aromatic heterocycles. The molecule has 0 spiro atoms. The number of anilines is 1. The first-order valence-corrected chi connectivity index (χ1v) is 10.7. The molecule has 4 aliphatic carbocycles. The van der Waals surface area contributed by atoms with Crippen molar-refractivity contribution in [2.45, 2.75) is 44.1 Å². The van der Waals surface area contributed by atoms with E-state index in [1.54, 1.807) is 24.3 Å². The molecule has 156 valence electrons. The van der Waals surface area contributed by atoms with Crippen LogP contribution in [0.25, 0.3) is 0 Å². The zero-order valence-corrected chi connectivity index (χ0v) is 16.8. The minimum atomic E-state index is -0.974. The number of amides is 2. The van der Waals surface area contributed by atoms with Crippen molar-refractivity contribution in [2.75, 3.05) is 5.32 Å². The number of rotatable bonds is 5. The number of aromatic carboxylic acids is 1. The Bertz CT molecular complexity index is 934. The lowest BCUT2D eigenvalue weighted by atomic mass is 9.53. The van der Waals surface area contributed by atoms with Crippen molar-refractivity contribution >= 4 is 17.7 Å². The van der Waals surface area contributed by atoms with Gasteiger partial charge in [0.15, 0.2) is 0 Å². The molecule has 4 fully saturated rings. The number of ether oxygens (including phenoxy) is 1. The van der Waals surface area contributed by atoms with Crippen molar-refractivity contribution in [1.29, 1.82) is 0 Å². The first-order valence-electron chi connectivity index (χ1n) is 10.7. The molecule has 4 bridgehead atoms. The van der Waals surface area contributed by atoms with Gasteiger partial charge in [0.25, 0.3) is 0 Å². The van der Waals surface area contributed by atoms with Crippen molar-refractivity contribution in [2.24, 2.45) is 17.8 Å². The lowest BCUT2D eigenvalue weighted by Crippen LogP contribution is -2.60. The van der Waals surface area contributed by atoms with E-state index in [0.29, 0.717) is 17.2 Å². The zero-order valence-electron chi connectivity index (χ0n) is 16.8. The highest BCUT2D eigenvalue weighted by molar-refractivity contribution is 5.90. The summed E-state index contributed by atoms with van der Waals surface area (Å²) in [6, 6.07) is 13.3. The Morgan fingerprint density at radius 2 is 1.53 bits per heavy atom. The number of carboxylic acid groups (broad SMARTS) is 1. The molecule has 4 aliphatic rings. The molecule has 0 saturated heterocycles. The van der Waals surface area contributed by atoms with E-state index < -0.39 is 5.97 Å². The van der Waals surface area contributed by atoms with Crippen LogP contribution in [0.5, 0.6) is 11.5 Å². The number of hydrogen-bond acceptors (Lipinski definition) is 3. The van der Waals surface area contributed by atoms with Gasteiger partial charge in [0.1, 0.15) is 11.5 Å². The Morgan fingerprint density at radius 3 is 2.13 bits per heavy atom.